The second-order valence-electron chi connectivity index (χ2n) is 4.88. The maximum absolute atomic E-state index is 12.1. The third kappa shape index (κ3) is 2.63. The molecule has 1 aliphatic carbocycles. The first-order valence-electron chi connectivity index (χ1n) is 6.33. The zero-order valence-electron chi connectivity index (χ0n) is 10.5. The highest BCUT2D eigenvalue weighted by Gasteiger charge is 2.34. The molecular weight excluding hydrogens is 244 g/mol. The highest BCUT2D eigenvalue weighted by molar-refractivity contribution is 5.98. The monoisotopic (exact) mass is 260 g/mol. The number of hydrogen-bond donors (Lipinski definition) is 3. The summed E-state index contributed by atoms with van der Waals surface area (Å²) in [5.41, 5.74) is -0.868. The fourth-order valence-corrected chi connectivity index (χ4v) is 2.42. The molecule has 0 unspecified atom stereocenters. The minimum atomic E-state index is -0.854. The van der Waals surface area contributed by atoms with Crippen LogP contribution in [0.25, 0.3) is 0 Å². The van der Waals surface area contributed by atoms with E-state index in [1.165, 1.54) is 18.2 Å². The SMILES string of the molecule is N#CC1(NC(=O)c2cccc(O)c2O)CCCCC1. The van der Waals surface area contributed by atoms with Crippen molar-refractivity contribution >= 4 is 5.91 Å². The van der Waals surface area contributed by atoms with Gasteiger partial charge in [0, 0.05) is 0 Å². The van der Waals surface area contributed by atoms with Gasteiger partial charge in [0.2, 0.25) is 0 Å². The van der Waals surface area contributed by atoms with Crippen LogP contribution in [0.1, 0.15) is 42.5 Å². The van der Waals surface area contributed by atoms with Crippen LogP contribution in [-0.4, -0.2) is 21.7 Å². The lowest BCUT2D eigenvalue weighted by atomic mass is 9.82. The molecule has 0 aliphatic heterocycles. The Kier molecular flexibility index (Phi) is 3.61. The maximum atomic E-state index is 12.1. The average molecular weight is 260 g/mol. The Hall–Kier alpha value is -2.22. The molecule has 0 saturated heterocycles. The van der Waals surface area contributed by atoms with Gasteiger partial charge in [0.25, 0.3) is 5.91 Å². The Morgan fingerprint density at radius 3 is 2.58 bits per heavy atom. The van der Waals surface area contributed by atoms with Gasteiger partial charge in [-0.3, -0.25) is 4.79 Å². The van der Waals surface area contributed by atoms with Gasteiger partial charge >= 0.3 is 0 Å². The van der Waals surface area contributed by atoms with Gasteiger partial charge in [-0.1, -0.05) is 25.3 Å². The molecule has 0 atom stereocenters. The van der Waals surface area contributed by atoms with Crippen molar-refractivity contribution in [3.63, 3.8) is 0 Å². The fraction of sp³-hybridized carbons (Fsp3) is 0.429. The molecule has 1 aromatic rings. The summed E-state index contributed by atoms with van der Waals surface area (Å²) in [5.74, 6) is -1.33. The first-order chi connectivity index (χ1) is 9.08. The van der Waals surface area contributed by atoms with Crippen LogP contribution in [0.15, 0.2) is 18.2 Å². The molecule has 1 fully saturated rings. The topological polar surface area (TPSA) is 93.4 Å². The third-order valence-corrected chi connectivity index (χ3v) is 3.53. The molecule has 0 aromatic heterocycles. The van der Waals surface area contributed by atoms with Gasteiger partial charge in [0.05, 0.1) is 11.6 Å². The van der Waals surface area contributed by atoms with E-state index < -0.39 is 17.2 Å². The van der Waals surface area contributed by atoms with Crippen LogP contribution in [0.2, 0.25) is 0 Å². The Morgan fingerprint density at radius 1 is 1.26 bits per heavy atom. The molecule has 3 N–H and O–H groups in total. The lowest BCUT2D eigenvalue weighted by Crippen LogP contribution is -2.48. The van der Waals surface area contributed by atoms with Crippen LogP contribution >= 0.6 is 0 Å². The van der Waals surface area contributed by atoms with Crippen molar-refractivity contribution < 1.29 is 15.0 Å². The van der Waals surface area contributed by atoms with Crippen LogP contribution in [0.5, 0.6) is 11.5 Å². The second kappa shape index (κ2) is 5.19. The van der Waals surface area contributed by atoms with Crippen molar-refractivity contribution in [2.45, 2.75) is 37.6 Å². The quantitative estimate of drug-likeness (QED) is 0.709. The molecule has 1 aliphatic rings. The number of phenolic OH excluding ortho intramolecular Hbond substituents is 2. The summed E-state index contributed by atoms with van der Waals surface area (Å²) in [6.45, 7) is 0. The van der Waals surface area contributed by atoms with Gasteiger partial charge < -0.3 is 15.5 Å². The summed E-state index contributed by atoms with van der Waals surface area (Å²) < 4.78 is 0. The van der Waals surface area contributed by atoms with E-state index in [0.29, 0.717) is 12.8 Å². The number of carbonyl (C=O) groups excluding carboxylic acids is 1. The van der Waals surface area contributed by atoms with Crippen molar-refractivity contribution in [2.75, 3.05) is 0 Å². The molecule has 1 aromatic carbocycles. The van der Waals surface area contributed by atoms with Gasteiger partial charge in [-0.2, -0.15) is 5.26 Å². The Bertz CT molecular complexity index is 528. The van der Waals surface area contributed by atoms with E-state index in [9.17, 15) is 20.3 Å². The van der Waals surface area contributed by atoms with E-state index in [2.05, 4.69) is 11.4 Å². The lowest BCUT2D eigenvalue weighted by Gasteiger charge is -2.31. The van der Waals surface area contributed by atoms with Gasteiger partial charge in [0.15, 0.2) is 11.5 Å². The van der Waals surface area contributed by atoms with Crippen molar-refractivity contribution in [1.82, 2.24) is 5.32 Å². The molecular formula is C14H16N2O3. The summed E-state index contributed by atoms with van der Waals surface area (Å²) >= 11 is 0. The minimum Gasteiger partial charge on any atom is -0.504 e. The molecule has 100 valence electrons. The average Bonchev–Trinajstić information content (AvgIpc) is 2.42. The summed E-state index contributed by atoms with van der Waals surface area (Å²) in [4.78, 5) is 12.1. The number of benzene rings is 1. The Balaban J connectivity index is 2.21. The number of hydrogen-bond acceptors (Lipinski definition) is 4. The molecule has 0 bridgehead atoms. The largest absolute Gasteiger partial charge is 0.504 e. The van der Waals surface area contributed by atoms with Crippen LogP contribution in [-0.2, 0) is 0 Å². The van der Waals surface area contributed by atoms with Crippen molar-refractivity contribution in [2.24, 2.45) is 0 Å². The molecule has 2 rings (SSSR count). The third-order valence-electron chi connectivity index (χ3n) is 3.53. The number of para-hydroxylation sites is 1. The van der Waals surface area contributed by atoms with Crippen LogP contribution in [0.4, 0.5) is 0 Å². The summed E-state index contributed by atoms with van der Waals surface area (Å²) in [7, 11) is 0. The number of carbonyl (C=O) groups is 1. The zero-order valence-corrected chi connectivity index (χ0v) is 10.5. The molecule has 19 heavy (non-hydrogen) atoms. The van der Waals surface area contributed by atoms with Crippen molar-refractivity contribution in [3.05, 3.63) is 23.8 Å². The van der Waals surface area contributed by atoms with E-state index in [-0.39, 0.29) is 11.3 Å². The van der Waals surface area contributed by atoms with Gasteiger partial charge in [-0.15, -0.1) is 0 Å². The molecule has 5 nitrogen and oxygen atoms in total. The number of nitrogens with zero attached hydrogens (tertiary/aromatic N) is 1. The van der Waals surface area contributed by atoms with E-state index in [1.807, 2.05) is 0 Å². The lowest BCUT2D eigenvalue weighted by molar-refractivity contribution is 0.0899. The highest BCUT2D eigenvalue weighted by atomic mass is 16.3. The second-order valence-corrected chi connectivity index (χ2v) is 4.88. The Labute approximate surface area is 111 Å². The van der Waals surface area contributed by atoms with Gasteiger partial charge in [0.1, 0.15) is 5.54 Å². The number of aromatic hydroxyl groups is 2. The van der Waals surface area contributed by atoms with Crippen LogP contribution in [0, 0.1) is 11.3 Å². The molecule has 0 heterocycles. The Morgan fingerprint density at radius 2 is 1.95 bits per heavy atom. The minimum absolute atomic E-state index is 0.0137. The summed E-state index contributed by atoms with van der Waals surface area (Å²) in [6.07, 6.45) is 4.11. The number of nitriles is 1. The normalized spacial score (nSPS) is 17.4. The molecule has 0 radical (unpaired) electrons. The zero-order chi connectivity index (χ0) is 13.9. The first kappa shape index (κ1) is 13.2. The number of nitrogens with one attached hydrogen (secondary N) is 1. The molecule has 5 heteroatoms. The van der Waals surface area contributed by atoms with E-state index in [0.717, 1.165) is 19.3 Å². The van der Waals surface area contributed by atoms with Gasteiger partial charge in [-0.05, 0) is 25.0 Å². The van der Waals surface area contributed by atoms with Crippen LogP contribution < -0.4 is 5.32 Å². The molecule has 0 spiro atoms. The predicted molar refractivity (Wildman–Crippen MR) is 68.7 cm³/mol. The summed E-state index contributed by atoms with van der Waals surface area (Å²) in [5, 5.41) is 31.0. The fourth-order valence-electron chi connectivity index (χ4n) is 2.42. The first-order valence-corrected chi connectivity index (χ1v) is 6.33. The highest BCUT2D eigenvalue weighted by Crippen LogP contribution is 2.31. The number of phenols is 2. The van der Waals surface area contributed by atoms with E-state index in [1.54, 1.807) is 0 Å². The predicted octanol–water partition coefficient (Wildman–Crippen LogP) is 2.05. The summed E-state index contributed by atoms with van der Waals surface area (Å²) in [6, 6.07) is 6.37. The number of rotatable bonds is 2. The van der Waals surface area contributed by atoms with Crippen molar-refractivity contribution in [1.29, 1.82) is 5.26 Å². The smallest absolute Gasteiger partial charge is 0.256 e. The standard InChI is InChI=1S/C14H16N2O3/c15-9-14(7-2-1-3-8-14)16-13(19)10-5-4-6-11(17)12(10)18/h4-6,17-18H,1-3,7-8H2,(H,16,19). The van der Waals surface area contributed by atoms with Gasteiger partial charge in [-0.25, -0.2) is 0 Å². The molecule has 1 amide bonds. The van der Waals surface area contributed by atoms with Crippen LogP contribution in [0.3, 0.4) is 0 Å². The van der Waals surface area contributed by atoms with E-state index >= 15 is 0 Å². The number of amides is 1. The molecule has 1 saturated carbocycles. The maximum Gasteiger partial charge on any atom is 0.256 e. The van der Waals surface area contributed by atoms with Crippen molar-refractivity contribution in [3.8, 4) is 17.6 Å². The van der Waals surface area contributed by atoms with E-state index in [4.69, 9.17) is 0 Å².